The summed E-state index contributed by atoms with van der Waals surface area (Å²) < 4.78 is 3.34. The fraction of sp³-hybridized carbons (Fsp3) is 0.176. The van der Waals surface area contributed by atoms with Crippen LogP contribution in [0.4, 0.5) is 0 Å². The molecule has 0 radical (unpaired) electrons. The lowest BCUT2D eigenvalue weighted by Gasteiger charge is -1.96. The van der Waals surface area contributed by atoms with Crippen molar-refractivity contribution in [3.63, 3.8) is 0 Å². The highest BCUT2D eigenvalue weighted by Crippen LogP contribution is 2.22. The average molecular weight is 293 g/mol. The summed E-state index contributed by atoms with van der Waals surface area (Å²) in [5.74, 6) is 0. The van der Waals surface area contributed by atoms with Gasteiger partial charge in [0.2, 0.25) is 4.80 Å². The molecule has 0 amide bonds. The quantitative estimate of drug-likeness (QED) is 0.615. The number of hydrogen-bond acceptors (Lipinski definition) is 3. The fourth-order valence-corrected chi connectivity index (χ4v) is 3.76. The summed E-state index contributed by atoms with van der Waals surface area (Å²) >= 11 is 1.68. The molecule has 1 aliphatic carbocycles. The van der Waals surface area contributed by atoms with E-state index in [-0.39, 0.29) is 0 Å². The molecule has 0 N–H and O–H groups in total. The summed E-state index contributed by atoms with van der Waals surface area (Å²) in [6.07, 6.45) is 2.06. The number of nitrogens with zero attached hydrogens (tertiary/aromatic N) is 3. The smallest absolute Gasteiger partial charge is 0.211 e. The largest absolute Gasteiger partial charge is 0.318 e. The normalized spacial score (nSPS) is 16.8. The summed E-state index contributed by atoms with van der Waals surface area (Å²) in [5, 5.41) is 9.02. The van der Waals surface area contributed by atoms with Gasteiger partial charge in [-0.25, -0.2) is 0 Å². The average Bonchev–Trinajstić information content (AvgIpc) is 3.07. The molecule has 0 unspecified atom stereocenters. The Kier molecular flexibility index (Phi) is 2.97. The van der Waals surface area contributed by atoms with Crippen LogP contribution < -0.4 is 4.80 Å². The number of para-hydroxylation sites is 1. The molecule has 3 aromatic rings. The van der Waals surface area contributed by atoms with Crippen LogP contribution in [0, 0.1) is 0 Å². The van der Waals surface area contributed by atoms with Crippen molar-refractivity contribution in [2.75, 3.05) is 0 Å². The van der Waals surface area contributed by atoms with Crippen molar-refractivity contribution in [1.29, 1.82) is 0 Å². The maximum Gasteiger partial charge on any atom is 0.211 e. The number of fused-ring (bicyclic) bond motifs is 2. The molecule has 0 atom stereocenters. The van der Waals surface area contributed by atoms with E-state index in [1.807, 2.05) is 7.05 Å². The van der Waals surface area contributed by atoms with Gasteiger partial charge in [-0.15, -0.1) is 5.10 Å². The topological polar surface area (TPSA) is 29.6 Å². The second-order valence-electron chi connectivity index (χ2n) is 5.22. The second-order valence-corrected chi connectivity index (χ2v) is 6.22. The fourth-order valence-electron chi connectivity index (χ4n) is 2.79. The first kappa shape index (κ1) is 12.5. The summed E-state index contributed by atoms with van der Waals surface area (Å²) in [4.78, 5) is 0.938. The summed E-state index contributed by atoms with van der Waals surface area (Å²) in [6, 6.07) is 16.8. The van der Waals surface area contributed by atoms with Crippen LogP contribution in [0.3, 0.4) is 0 Å². The third-order valence-electron chi connectivity index (χ3n) is 3.93. The van der Waals surface area contributed by atoms with E-state index in [0.29, 0.717) is 0 Å². The molecule has 104 valence electrons. The van der Waals surface area contributed by atoms with Crippen LogP contribution in [-0.4, -0.2) is 10.3 Å². The molecule has 21 heavy (non-hydrogen) atoms. The first-order valence-corrected chi connectivity index (χ1v) is 7.88. The third kappa shape index (κ3) is 2.12. The molecule has 0 saturated heterocycles. The Labute approximate surface area is 126 Å². The van der Waals surface area contributed by atoms with Crippen molar-refractivity contribution in [3.8, 4) is 0 Å². The van der Waals surface area contributed by atoms with E-state index in [9.17, 15) is 0 Å². The number of thiazole rings is 1. The Bertz CT molecular complexity index is 915. The minimum Gasteiger partial charge on any atom is -0.318 e. The maximum atomic E-state index is 4.52. The van der Waals surface area contributed by atoms with Crippen molar-refractivity contribution in [2.45, 2.75) is 12.8 Å². The van der Waals surface area contributed by atoms with Crippen LogP contribution in [0.15, 0.2) is 58.7 Å². The van der Waals surface area contributed by atoms with Gasteiger partial charge in [-0.2, -0.15) is 5.10 Å². The van der Waals surface area contributed by atoms with Gasteiger partial charge in [-0.1, -0.05) is 47.7 Å². The maximum absolute atomic E-state index is 4.52. The Balaban J connectivity index is 1.82. The van der Waals surface area contributed by atoms with Gasteiger partial charge in [0.25, 0.3) is 0 Å². The van der Waals surface area contributed by atoms with Crippen LogP contribution in [0.5, 0.6) is 0 Å². The van der Waals surface area contributed by atoms with Crippen LogP contribution in [0.1, 0.15) is 17.5 Å². The van der Waals surface area contributed by atoms with E-state index in [2.05, 4.69) is 63.3 Å². The SMILES string of the molecule is Cn1/c(=N/N=C2\CCc3ccccc32)sc2ccccc21. The highest BCUT2D eigenvalue weighted by atomic mass is 32.1. The molecular weight excluding hydrogens is 278 g/mol. The minimum absolute atomic E-state index is 0.938. The number of hydrogen-bond donors (Lipinski definition) is 0. The minimum atomic E-state index is 0.938. The highest BCUT2D eigenvalue weighted by molar-refractivity contribution is 7.16. The Morgan fingerprint density at radius 2 is 1.76 bits per heavy atom. The van der Waals surface area contributed by atoms with Gasteiger partial charge in [0.15, 0.2) is 0 Å². The van der Waals surface area contributed by atoms with E-state index in [1.54, 1.807) is 11.3 Å². The monoisotopic (exact) mass is 293 g/mol. The molecular formula is C17H15N3S. The van der Waals surface area contributed by atoms with E-state index in [0.717, 1.165) is 23.4 Å². The standard InChI is InChI=1S/C17H15N3S/c1-20-15-8-4-5-9-16(15)21-17(20)19-18-14-11-10-12-6-2-3-7-13(12)14/h2-9H,10-11H2,1H3/b18-14+,19-17-. The van der Waals surface area contributed by atoms with Crippen LogP contribution >= 0.6 is 11.3 Å². The number of rotatable bonds is 1. The van der Waals surface area contributed by atoms with Gasteiger partial charge >= 0.3 is 0 Å². The second kappa shape index (κ2) is 4.97. The lowest BCUT2D eigenvalue weighted by atomic mass is 10.1. The molecule has 0 aliphatic heterocycles. The van der Waals surface area contributed by atoms with Gasteiger partial charge in [0.05, 0.1) is 15.9 Å². The molecule has 2 aromatic carbocycles. The Morgan fingerprint density at radius 1 is 0.952 bits per heavy atom. The van der Waals surface area contributed by atoms with Crippen LogP contribution in [0.2, 0.25) is 0 Å². The van der Waals surface area contributed by atoms with Crippen LogP contribution in [-0.2, 0) is 13.5 Å². The molecule has 1 heterocycles. The van der Waals surface area contributed by atoms with Crippen molar-refractivity contribution >= 4 is 27.3 Å². The summed E-state index contributed by atoms with van der Waals surface area (Å²) in [5.41, 5.74) is 4.94. The van der Waals surface area contributed by atoms with Gasteiger partial charge in [0.1, 0.15) is 0 Å². The first-order valence-electron chi connectivity index (χ1n) is 7.06. The molecule has 4 rings (SSSR count). The number of benzene rings is 2. The zero-order valence-electron chi connectivity index (χ0n) is 11.8. The van der Waals surface area contributed by atoms with Crippen molar-refractivity contribution in [2.24, 2.45) is 17.3 Å². The zero-order valence-corrected chi connectivity index (χ0v) is 12.6. The molecule has 4 heteroatoms. The molecule has 0 bridgehead atoms. The Hall–Kier alpha value is -2.20. The van der Waals surface area contributed by atoms with Gasteiger partial charge in [-0.3, -0.25) is 0 Å². The molecule has 0 fully saturated rings. The number of aryl methyl sites for hydroxylation is 2. The lowest BCUT2D eigenvalue weighted by molar-refractivity contribution is 0.887. The third-order valence-corrected chi connectivity index (χ3v) is 5.03. The van der Waals surface area contributed by atoms with Crippen molar-refractivity contribution in [3.05, 3.63) is 64.5 Å². The van der Waals surface area contributed by atoms with E-state index in [1.165, 1.54) is 21.3 Å². The van der Waals surface area contributed by atoms with Crippen molar-refractivity contribution in [1.82, 2.24) is 4.57 Å². The Morgan fingerprint density at radius 3 is 2.67 bits per heavy atom. The van der Waals surface area contributed by atoms with E-state index in [4.69, 9.17) is 0 Å². The lowest BCUT2D eigenvalue weighted by Crippen LogP contribution is -2.09. The van der Waals surface area contributed by atoms with Gasteiger partial charge in [-0.05, 0) is 30.5 Å². The summed E-state index contributed by atoms with van der Waals surface area (Å²) in [7, 11) is 2.04. The van der Waals surface area contributed by atoms with Gasteiger partial charge < -0.3 is 4.57 Å². The predicted octanol–water partition coefficient (Wildman–Crippen LogP) is 3.49. The zero-order chi connectivity index (χ0) is 14.2. The predicted molar refractivity (Wildman–Crippen MR) is 87.7 cm³/mol. The van der Waals surface area contributed by atoms with Crippen LogP contribution in [0.25, 0.3) is 10.2 Å². The van der Waals surface area contributed by atoms with E-state index >= 15 is 0 Å². The molecule has 0 spiro atoms. The number of aromatic nitrogens is 1. The summed E-state index contributed by atoms with van der Waals surface area (Å²) in [6.45, 7) is 0. The van der Waals surface area contributed by atoms with E-state index < -0.39 is 0 Å². The molecule has 0 saturated carbocycles. The molecule has 3 nitrogen and oxygen atoms in total. The van der Waals surface area contributed by atoms with Gasteiger partial charge in [0, 0.05) is 12.6 Å². The highest BCUT2D eigenvalue weighted by Gasteiger charge is 2.16. The first-order chi connectivity index (χ1) is 10.3. The molecule has 1 aliphatic rings. The van der Waals surface area contributed by atoms with Crippen molar-refractivity contribution < 1.29 is 0 Å². The molecule has 1 aromatic heterocycles.